The molecule has 5 heteroatoms. The van der Waals surface area contributed by atoms with Gasteiger partial charge in [-0.25, -0.2) is 0 Å². The summed E-state index contributed by atoms with van der Waals surface area (Å²) in [5, 5.41) is 8.83. The van der Waals surface area contributed by atoms with Gasteiger partial charge in [-0.1, -0.05) is 28.1 Å². The minimum absolute atomic E-state index is 0.106. The van der Waals surface area contributed by atoms with Gasteiger partial charge in [0.25, 0.3) is 0 Å². The van der Waals surface area contributed by atoms with Crippen LogP contribution in [-0.4, -0.2) is 34.5 Å². The molecule has 0 aliphatic rings. The first kappa shape index (κ1) is 16.7. The second-order valence-electron chi connectivity index (χ2n) is 5.09. The smallest absolute Gasteiger partial charge is 0.323 e. The number of carbonyl (C=O) groups excluding carboxylic acids is 1. The lowest BCUT2D eigenvalue weighted by atomic mass is 10.1. The Labute approximate surface area is 127 Å². The molecule has 0 unspecified atom stereocenters. The van der Waals surface area contributed by atoms with Gasteiger partial charge in [-0.3, -0.25) is 9.59 Å². The van der Waals surface area contributed by atoms with Crippen molar-refractivity contribution in [3.63, 3.8) is 0 Å². The van der Waals surface area contributed by atoms with E-state index in [9.17, 15) is 9.59 Å². The van der Waals surface area contributed by atoms with Crippen molar-refractivity contribution in [3.8, 4) is 0 Å². The van der Waals surface area contributed by atoms with Crippen LogP contribution in [0.3, 0.4) is 0 Å². The van der Waals surface area contributed by atoms with Crippen LogP contribution in [0.1, 0.15) is 31.4 Å². The first-order chi connectivity index (χ1) is 9.31. The summed E-state index contributed by atoms with van der Waals surface area (Å²) in [5.74, 6) is -1.10. The largest absolute Gasteiger partial charge is 0.480 e. The van der Waals surface area contributed by atoms with E-state index < -0.39 is 5.97 Å². The number of aryl methyl sites for hydroxylation is 2. The van der Waals surface area contributed by atoms with Crippen LogP contribution in [0.2, 0.25) is 0 Å². The average Bonchev–Trinajstić information content (AvgIpc) is 2.36. The van der Waals surface area contributed by atoms with Gasteiger partial charge in [0.05, 0.1) is 0 Å². The SMILES string of the molecule is Cc1cc(CCC(=O)N(CC(=O)O)C(C)C)ccc1Br. The lowest BCUT2D eigenvalue weighted by Gasteiger charge is -2.24. The zero-order valence-electron chi connectivity index (χ0n) is 12.0. The third-order valence-corrected chi connectivity index (χ3v) is 3.99. The second-order valence-corrected chi connectivity index (χ2v) is 5.95. The molecule has 0 bridgehead atoms. The van der Waals surface area contributed by atoms with Crippen LogP contribution in [0.15, 0.2) is 22.7 Å². The van der Waals surface area contributed by atoms with Gasteiger partial charge < -0.3 is 10.0 Å². The Kier molecular flexibility index (Phi) is 6.20. The second kappa shape index (κ2) is 7.43. The molecule has 110 valence electrons. The predicted molar refractivity (Wildman–Crippen MR) is 81.7 cm³/mol. The summed E-state index contributed by atoms with van der Waals surface area (Å²) in [6.45, 7) is 5.41. The molecule has 1 rings (SSSR count). The Morgan fingerprint density at radius 3 is 2.50 bits per heavy atom. The molecule has 1 aromatic rings. The number of hydrogen-bond acceptors (Lipinski definition) is 2. The normalized spacial score (nSPS) is 10.7. The molecule has 0 atom stereocenters. The fourth-order valence-corrected chi connectivity index (χ4v) is 2.21. The molecule has 0 aromatic heterocycles. The maximum absolute atomic E-state index is 12.1. The maximum atomic E-state index is 12.1. The number of halogens is 1. The Bertz CT molecular complexity index is 500. The van der Waals surface area contributed by atoms with Crippen molar-refractivity contribution >= 4 is 27.8 Å². The van der Waals surface area contributed by atoms with Crippen LogP contribution in [0.4, 0.5) is 0 Å². The van der Waals surface area contributed by atoms with E-state index in [1.54, 1.807) is 0 Å². The molecule has 20 heavy (non-hydrogen) atoms. The van der Waals surface area contributed by atoms with Crippen LogP contribution >= 0.6 is 15.9 Å². The highest BCUT2D eigenvalue weighted by molar-refractivity contribution is 9.10. The molecule has 0 saturated carbocycles. The number of aliphatic carboxylic acids is 1. The molecule has 0 aliphatic heterocycles. The van der Waals surface area contributed by atoms with Crippen molar-refractivity contribution in [2.75, 3.05) is 6.54 Å². The molecular weight excluding hydrogens is 322 g/mol. The zero-order valence-corrected chi connectivity index (χ0v) is 13.6. The van der Waals surface area contributed by atoms with E-state index in [2.05, 4.69) is 15.9 Å². The number of carboxylic acids is 1. The van der Waals surface area contributed by atoms with Crippen molar-refractivity contribution in [2.45, 2.75) is 39.7 Å². The summed E-state index contributed by atoms with van der Waals surface area (Å²) in [6.07, 6.45) is 0.947. The number of amides is 1. The maximum Gasteiger partial charge on any atom is 0.323 e. The molecule has 4 nitrogen and oxygen atoms in total. The minimum Gasteiger partial charge on any atom is -0.480 e. The van der Waals surface area contributed by atoms with Gasteiger partial charge in [-0.05, 0) is 44.4 Å². The molecule has 0 radical (unpaired) electrons. The number of rotatable bonds is 6. The number of nitrogens with zero attached hydrogens (tertiary/aromatic N) is 1. The molecule has 0 spiro atoms. The first-order valence-electron chi connectivity index (χ1n) is 6.57. The Morgan fingerprint density at radius 1 is 1.35 bits per heavy atom. The standard InChI is InChI=1S/C15H20BrNO3/c1-10(2)17(9-15(19)20)14(18)7-5-12-4-6-13(16)11(3)8-12/h4,6,8,10H,5,7,9H2,1-3H3,(H,19,20). The minimum atomic E-state index is -0.980. The molecule has 0 heterocycles. The lowest BCUT2D eigenvalue weighted by Crippen LogP contribution is -2.40. The van der Waals surface area contributed by atoms with Gasteiger partial charge in [-0.2, -0.15) is 0 Å². The number of carbonyl (C=O) groups is 2. The van der Waals surface area contributed by atoms with Crippen molar-refractivity contribution in [2.24, 2.45) is 0 Å². The topological polar surface area (TPSA) is 57.6 Å². The van der Waals surface area contributed by atoms with Crippen molar-refractivity contribution in [1.29, 1.82) is 0 Å². The van der Waals surface area contributed by atoms with E-state index in [1.165, 1.54) is 4.90 Å². The van der Waals surface area contributed by atoms with Crippen molar-refractivity contribution < 1.29 is 14.7 Å². The van der Waals surface area contributed by atoms with E-state index in [0.717, 1.165) is 15.6 Å². The summed E-state index contributed by atoms with van der Waals surface area (Å²) in [5.41, 5.74) is 2.21. The van der Waals surface area contributed by atoms with E-state index >= 15 is 0 Å². The molecule has 0 aliphatic carbocycles. The van der Waals surface area contributed by atoms with Crippen molar-refractivity contribution in [3.05, 3.63) is 33.8 Å². The predicted octanol–water partition coefficient (Wildman–Crippen LogP) is 3.01. The van der Waals surface area contributed by atoms with Crippen LogP contribution in [0, 0.1) is 6.92 Å². The monoisotopic (exact) mass is 341 g/mol. The highest BCUT2D eigenvalue weighted by atomic mass is 79.9. The molecule has 1 N–H and O–H groups in total. The van der Waals surface area contributed by atoms with Gasteiger partial charge in [0.1, 0.15) is 6.54 Å². The van der Waals surface area contributed by atoms with E-state index in [0.29, 0.717) is 12.8 Å². The summed E-state index contributed by atoms with van der Waals surface area (Å²) in [4.78, 5) is 24.3. The van der Waals surface area contributed by atoms with Crippen LogP contribution in [-0.2, 0) is 16.0 Å². The molecular formula is C15H20BrNO3. The molecule has 0 saturated heterocycles. The van der Waals surface area contributed by atoms with Crippen LogP contribution < -0.4 is 0 Å². The summed E-state index contributed by atoms with van der Waals surface area (Å²) >= 11 is 3.44. The van der Waals surface area contributed by atoms with E-state index in [4.69, 9.17) is 5.11 Å². The summed E-state index contributed by atoms with van der Waals surface area (Å²) in [7, 11) is 0. The third-order valence-electron chi connectivity index (χ3n) is 3.10. The van der Waals surface area contributed by atoms with Gasteiger partial charge in [-0.15, -0.1) is 0 Å². The first-order valence-corrected chi connectivity index (χ1v) is 7.37. The van der Waals surface area contributed by atoms with Gasteiger partial charge in [0.2, 0.25) is 5.91 Å². The molecule has 0 fully saturated rings. The van der Waals surface area contributed by atoms with Gasteiger partial charge >= 0.3 is 5.97 Å². The average molecular weight is 342 g/mol. The van der Waals surface area contributed by atoms with Gasteiger partial charge in [0.15, 0.2) is 0 Å². The third kappa shape index (κ3) is 4.96. The molecule has 1 amide bonds. The van der Waals surface area contributed by atoms with Gasteiger partial charge in [0, 0.05) is 16.9 Å². The zero-order chi connectivity index (χ0) is 15.3. The molecule has 1 aromatic carbocycles. The van der Waals surface area contributed by atoms with Crippen LogP contribution in [0.5, 0.6) is 0 Å². The fraction of sp³-hybridized carbons (Fsp3) is 0.467. The lowest BCUT2D eigenvalue weighted by molar-refractivity contribution is -0.145. The summed E-state index contributed by atoms with van der Waals surface area (Å²) < 4.78 is 1.04. The summed E-state index contributed by atoms with van der Waals surface area (Å²) in [6, 6.07) is 5.87. The fourth-order valence-electron chi connectivity index (χ4n) is 1.96. The van der Waals surface area contributed by atoms with E-state index in [-0.39, 0.29) is 18.5 Å². The Balaban J connectivity index is 2.64. The highest BCUT2D eigenvalue weighted by Crippen LogP contribution is 2.18. The Morgan fingerprint density at radius 2 is 2.00 bits per heavy atom. The number of carboxylic acid groups (broad SMARTS) is 1. The highest BCUT2D eigenvalue weighted by Gasteiger charge is 2.19. The van der Waals surface area contributed by atoms with Crippen molar-refractivity contribution in [1.82, 2.24) is 4.90 Å². The quantitative estimate of drug-likeness (QED) is 0.865. The number of benzene rings is 1. The number of hydrogen-bond donors (Lipinski definition) is 1. The van der Waals surface area contributed by atoms with Crippen LogP contribution in [0.25, 0.3) is 0 Å². The van der Waals surface area contributed by atoms with E-state index in [1.807, 2.05) is 39.0 Å². The Hall–Kier alpha value is -1.36.